The first kappa shape index (κ1) is 28.1. The van der Waals surface area contributed by atoms with Crippen molar-refractivity contribution in [2.45, 2.75) is 97.0 Å². The van der Waals surface area contributed by atoms with Crippen LogP contribution in [0.25, 0.3) is 0 Å². The fourth-order valence-electron chi connectivity index (χ4n) is 3.12. The number of carbonyl (C=O) groups excluding carboxylic acids is 1. The van der Waals surface area contributed by atoms with Gasteiger partial charge in [-0.15, -0.1) is 0 Å². The minimum Gasteiger partial charge on any atom is -0.388 e. The highest BCUT2D eigenvalue weighted by Crippen LogP contribution is 2.22. The number of nitrogens with one attached hydrogen (secondary N) is 1. The number of rotatable bonds is 18. The summed E-state index contributed by atoms with van der Waals surface area (Å²) < 4.78 is 0. The topological polar surface area (TPSA) is 49.3 Å². The standard InChI is InChI=1S/C27H45NO2/c1-4-7-10-12-13-14-15-16-17-18-19-22-26(29)28-25-27(30,23-20-9-6-3)24-21-11-8-5-2/h4,7,10,12-16,19,22,30H,5-6,8-9,11,17-18,20-21,23-25H2,1-3H3,(H,28,29). The molecule has 0 saturated heterocycles. The second-order valence-electron chi connectivity index (χ2n) is 7.91. The van der Waals surface area contributed by atoms with Crippen molar-refractivity contribution in [3.05, 3.63) is 60.8 Å². The van der Waals surface area contributed by atoms with Crippen LogP contribution in [-0.4, -0.2) is 23.2 Å². The zero-order valence-corrected chi connectivity index (χ0v) is 19.6. The lowest BCUT2D eigenvalue weighted by atomic mass is 9.90. The molecular formula is C27H45NO2. The summed E-state index contributed by atoms with van der Waals surface area (Å²) in [5, 5.41) is 13.9. The molecule has 0 heterocycles. The molecule has 0 rings (SSSR count). The average Bonchev–Trinajstić information content (AvgIpc) is 2.74. The summed E-state index contributed by atoms with van der Waals surface area (Å²) in [6, 6.07) is 0. The summed E-state index contributed by atoms with van der Waals surface area (Å²) in [6.45, 7) is 6.69. The zero-order chi connectivity index (χ0) is 22.3. The predicted molar refractivity (Wildman–Crippen MR) is 131 cm³/mol. The van der Waals surface area contributed by atoms with Gasteiger partial charge < -0.3 is 10.4 Å². The molecule has 0 saturated carbocycles. The van der Waals surface area contributed by atoms with E-state index in [-0.39, 0.29) is 5.91 Å². The van der Waals surface area contributed by atoms with Crippen LogP contribution >= 0.6 is 0 Å². The van der Waals surface area contributed by atoms with E-state index in [0.717, 1.165) is 57.8 Å². The van der Waals surface area contributed by atoms with Crippen molar-refractivity contribution in [1.29, 1.82) is 0 Å². The number of hydrogen-bond donors (Lipinski definition) is 2. The van der Waals surface area contributed by atoms with Crippen LogP contribution in [0.1, 0.15) is 91.4 Å². The molecule has 0 spiro atoms. The van der Waals surface area contributed by atoms with Crippen LogP contribution in [0, 0.1) is 0 Å². The lowest BCUT2D eigenvalue weighted by Gasteiger charge is -2.28. The fraction of sp³-hybridized carbons (Fsp3) is 0.593. The van der Waals surface area contributed by atoms with Gasteiger partial charge in [0.15, 0.2) is 0 Å². The van der Waals surface area contributed by atoms with Crippen molar-refractivity contribution in [2.24, 2.45) is 0 Å². The van der Waals surface area contributed by atoms with E-state index in [1.165, 1.54) is 12.8 Å². The summed E-state index contributed by atoms with van der Waals surface area (Å²) in [4.78, 5) is 12.1. The summed E-state index contributed by atoms with van der Waals surface area (Å²) in [6.07, 6.45) is 30.6. The van der Waals surface area contributed by atoms with Crippen molar-refractivity contribution in [2.75, 3.05) is 6.54 Å². The highest BCUT2D eigenvalue weighted by molar-refractivity contribution is 5.87. The van der Waals surface area contributed by atoms with Crippen LogP contribution in [0.4, 0.5) is 0 Å². The Morgan fingerprint density at radius 2 is 1.37 bits per heavy atom. The molecule has 3 nitrogen and oxygen atoms in total. The number of carbonyl (C=O) groups is 1. The number of hydrogen-bond acceptors (Lipinski definition) is 2. The van der Waals surface area contributed by atoms with E-state index in [1.807, 2.05) is 55.5 Å². The van der Waals surface area contributed by atoms with Crippen LogP contribution in [0.15, 0.2) is 60.8 Å². The van der Waals surface area contributed by atoms with Crippen LogP contribution in [0.2, 0.25) is 0 Å². The van der Waals surface area contributed by atoms with E-state index in [0.29, 0.717) is 6.54 Å². The van der Waals surface area contributed by atoms with Gasteiger partial charge in [0, 0.05) is 6.54 Å². The molecule has 170 valence electrons. The van der Waals surface area contributed by atoms with Crippen LogP contribution in [0.3, 0.4) is 0 Å². The van der Waals surface area contributed by atoms with E-state index in [2.05, 4.69) is 25.2 Å². The van der Waals surface area contributed by atoms with E-state index < -0.39 is 5.60 Å². The van der Waals surface area contributed by atoms with Crippen LogP contribution < -0.4 is 5.32 Å². The molecule has 0 aromatic heterocycles. The quantitative estimate of drug-likeness (QED) is 0.144. The minimum atomic E-state index is -0.775. The maximum absolute atomic E-state index is 12.1. The van der Waals surface area contributed by atoms with Crippen molar-refractivity contribution in [1.82, 2.24) is 5.32 Å². The molecule has 0 aromatic carbocycles. The third-order valence-corrected chi connectivity index (χ3v) is 4.99. The fourth-order valence-corrected chi connectivity index (χ4v) is 3.12. The Balaban J connectivity index is 4.23. The molecule has 1 atom stereocenters. The Morgan fingerprint density at radius 1 is 0.800 bits per heavy atom. The van der Waals surface area contributed by atoms with Crippen molar-refractivity contribution in [3.8, 4) is 0 Å². The van der Waals surface area contributed by atoms with Gasteiger partial charge in [-0.25, -0.2) is 0 Å². The molecular weight excluding hydrogens is 370 g/mol. The van der Waals surface area contributed by atoms with E-state index in [4.69, 9.17) is 0 Å². The van der Waals surface area contributed by atoms with Gasteiger partial charge in [-0.3, -0.25) is 4.79 Å². The maximum atomic E-state index is 12.1. The number of allylic oxidation sites excluding steroid dienone is 9. The first-order chi connectivity index (χ1) is 14.6. The summed E-state index contributed by atoms with van der Waals surface area (Å²) in [5.74, 6) is -0.115. The third-order valence-electron chi connectivity index (χ3n) is 4.99. The normalized spacial score (nSPS) is 14.7. The van der Waals surface area contributed by atoms with Gasteiger partial charge in [0.2, 0.25) is 5.91 Å². The Labute approximate surface area is 185 Å². The average molecular weight is 416 g/mol. The summed E-state index contributed by atoms with van der Waals surface area (Å²) in [5.41, 5.74) is -0.775. The molecule has 2 N–H and O–H groups in total. The lowest BCUT2D eigenvalue weighted by Crippen LogP contribution is -2.42. The smallest absolute Gasteiger partial charge is 0.243 e. The largest absolute Gasteiger partial charge is 0.388 e. The Morgan fingerprint density at radius 3 is 2.03 bits per heavy atom. The lowest BCUT2D eigenvalue weighted by molar-refractivity contribution is -0.118. The van der Waals surface area contributed by atoms with Crippen molar-refractivity contribution in [3.63, 3.8) is 0 Å². The Bertz CT molecular complexity index is 557. The number of aliphatic hydroxyl groups is 1. The van der Waals surface area contributed by atoms with Gasteiger partial charge in [-0.2, -0.15) is 0 Å². The van der Waals surface area contributed by atoms with Gasteiger partial charge in [0.25, 0.3) is 0 Å². The number of amides is 1. The van der Waals surface area contributed by atoms with Crippen molar-refractivity contribution < 1.29 is 9.90 Å². The highest BCUT2D eigenvalue weighted by atomic mass is 16.3. The van der Waals surface area contributed by atoms with Gasteiger partial charge in [-0.05, 0) is 38.7 Å². The summed E-state index contributed by atoms with van der Waals surface area (Å²) >= 11 is 0. The molecule has 0 aliphatic rings. The van der Waals surface area contributed by atoms with Gasteiger partial charge in [0.05, 0.1) is 5.60 Å². The molecule has 0 aliphatic carbocycles. The molecule has 0 fully saturated rings. The second-order valence-corrected chi connectivity index (χ2v) is 7.91. The molecule has 0 radical (unpaired) electrons. The monoisotopic (exact) mass is 415 g/mol. The molecule has 1 amide bonds. The first-order valence-electron chi connectivity index (χ1n) is 11.9. The number of unbranched alkanes of at least 4 members (excludes halogenated alkanes) is 6. The highest BCUT2D eigenvalue weighted by Gasteiger charge is 2.26. The minimum absolute atomic E-state index is 0.115. The molecule has 3 heteroatoms. The van der Waals surface area contributed by atoms with Gasteiger partial charge in [0.1, 0.15) is 0 Å². The van der Waals surface area contributed by atoms with Crippen molar-refractivity contribution >= 4 is 5.91 Å². The Hall–Kier alpha value is -1.87. The summed E-state index contributed by atoms with van der Waals surface area (Å²) in [7, 11) is 0. The predicted octanol–water partition coefficient (Wildman–Crippen LogP) is 6.97. The van der Waals surface area contributed by atoms with Gasteiger partial charge >= 0.3 is 0 Å². The molecule has 0 bridgehead atoms. The van der Waals surface area contributed by atoms with Crippen LogP contribution in [-0.2, 0) is 4.79 Å². The molecule has 1 unspecified atom stereocenters. The van der Waals surface area contributed by atoms with Crippen LogP contribution in [0.5, 0.6) is 0 Å². The molecule has 0 aliphatic heterocycles. The SMILES string of the molecule is CC=CC=CC=CC=CCCC=CC(=O)NCC(O)(CCCCC)CCCCCC. The van der Waals surface area contributed by atoms with E-state index in [1.54, 1.807) is 6.08 Å². The van der Waals surface area contributed by atoms with Gasteiger partial charge in [-0.1, -0.05) is 113 Å². The zero-order valence-electron chi connectivity index (χ0n) is 19.6. The van der Waals surface area contributed by atoms with E-state index in [9.17, 15) is 9.90 Å². The molecule has 30 heavy (non-hydrogen) atoms. The van der Waals surface area contributed by atoms with E-state index >= 15 is 0 Å². The first-order valence-corrected chi connectivity index (χ1v) is 11.9. The molecule has 0 aromatic rings. The second kappa shape index (κ2) is 20.4. The Kier molecular flexibility index (Phi) is 19.1. The maximum Gasteiger partial charge on any atom is 0.243 e. The third kappa shape index (κ3) is 18.2.